The van der Waals surface area contributed by atoms with Crippen LogP contribution in [0.25, 0.3) is 0 Å². The molecule has 0 bridgehead atoms. The Morgan fingerprint density at radius 3 is 2.50 bits per heavy atom. The first-order valence-electron chi connectivity index (χ1n) is 11.1. The summed E-state index contributed by atoms with van der Waals surface area (Å²) in [4.78, 5) is 31.2. The molecule has 1 aliphatic rings. The Bertz CT molecular complexity index is 947. The zero-order chi connectivity index (χ0) is 23.5. The summed E-state index contributed by atoms with van der Waals surface area (Å²) in [5.74, 6) is 1.07. The first-order chi connectivity index (χ1) is 15.1. The second-order valence-corrected chi connectivity index (χ2v) is 10.4. The average molecular weight is 459 g/mol. The molecule has 1 atom stereocenters. The second kappa shape index (κ2) is 9.94. The minimum Gasteiger partial charge on any atom is -0.493 e. The number of methoxy groups -OCH3 is 1. The summed E-state index contributed by atoms with van der Waals surface area (Å²) in [7, 11) is 1.61. The van der Waals surface area contributed by atoms with Crippen LogP contribution in [0.2, 0.25) is 0 Å². The molecule has 1 aromatic heterocycles. The molecule has 1 aliphatic heterocycles. The van der Waals surface area contributed by atoms with E-state index in [-0.39, 0.29) is 30.3 Å². The molecule has 2 aromatic rings. The molecule has 3 rings (SSSR count). The number of nitrogens with zero attached hydrogens (tertiary/aromatic N) is 2. The third-order valence-electron chi connectivity index (χ3n) is 5.74. The number of rotatable bonds is 7. The van der Waals surface area contributed by atoms with Crippen LogP contribution in [0.3, 0.4) is 0 Å². The number of para-hydroxylation sites is 2. The fourth-order valence-corrected chi connectivity index (χ4v) is 4.89. The number of fused-ring (bicyclic) bond motifs is 1. The van der Waals surface area contributed by atoms with Crippen LogP contribution >= 0.6 is 11.3 Å². The molecule has 2 heterocycles. The maximum absolute atomic E-state index is 13.5. The Morgan fingerprint density at radius 1 is 1.19 bits per heavy atom. The number of hydrogen-bond donors (Lipinski definition) is 0. The SMILES string of the molecule is COc1ccccc1OCC1c2ccsc2CCN1C(=O)CN(C(=O)C(C)C)C(C)(C)C. The fourth-order valence-electron chi connectivity index (χ4n) is 3.96. The lowest BCUT2D eigenvalue weighted by Gasteiger charge is -2.40. The van der Waals surface area contributed by atoms with Crippen molar-refractivity contribution in [2.24, 2.45) is 5.92 Å². The zero-order valence-electron chi connectivity index (χ0n) is 19.9. The van der Waals surface area contributed by atoms with E-state index in [1.165, 1.54) is 4.88 Å². The maximum atomic E-state index is 13.5. The number of amides is 2. The Hall–Kier alpha value is -2.54. The molecule has 0 N–H and O–H groups in total. The summed E-state index contributed by atoms with van der Waals surface area (Å²) in [5, 5.41) is 2.07. The van der Waals surface area contributed by atoms with Crippen LogP contribution in [0.5, 0.6) is 11.5 Å². The van der Waals surface area contributed by atoms with Crippen molar-refractivity contribution in [3.8, 4) is 11.5 Å². The fraction of sp³-hybridized carbons (Fsp3) is 0.520. The van der Waals surface area contributed by atoms with Crippen molar-refractivity contribution in [2.75, 3.05) is 26.8 Å². The first-order valence-corrected chi connectivity index (χ1v) is 11.9. The molecule has 6 nitrogen and oxygen atoms in total. The largest absolute Gasteiger partial charge is 0.493 e. The molecule has 7 heteroatoms. The van der Waals surface area contributed by atoms with Crippen molar-refractivity contribution >= 4 is 23.2 Å². The topological polar surface area (TPSA) is 59.1 Å². The molecular formula is C25H34N2O4S. The van der Waals surface area contributed by atoms with Crippen LogP contribution in [0.4, 0.5) is 0 Å². The smallest absolute Gasteiger partial charge is 0.242 e. The lowest BCUT2D eigenvalue weighted by molar-refractivity contribution is -0.148. The molecule has 0 saturated heterocycles. The van der Waals surface area contributed by atoms with Crippen molar-refractivity contribution in [2.45, 2.75) is 52.6 Å². The second-order valence-electron chi connectivity index (χ2n) is 9.36. The lowest BCUT2D eigenvalue weighted by atomic mass is 9.99. The van der Waals surface area contributed by atoms with Gasteiger partial charge in [-0.15, -0.1) is 11.3 Å². The predicted octanol–water partition coefficient (Wildman–Crippen LogP) is 4.54. The van der Waals surface area contributed by atoms with E-state index in [0.29, 0.717) is 24.7 Å². The van der Waals surface area contributed by atoms with Gasteiger partial charge in [0.25, 0.3) is 0 Å². The van der Waals surface area contributed by atoms with Crippen molar-refractivity contribution in [1.82, 2.24) is 9.80 Å². The number of carbonyl (C=O) groups is 2. The average Bonchev–Trinajstić information content (AvgIpc) is 3.23. The van der Waals surface area contributed by atoms with Gasteiger partial charge in [-0.05, 0) is 56.3 Å². The summed E-state index contributed by atoms with van der Waals surface area (Å²) >= 11 is 1.72. The molecule has 0 spiro atoms. The van der Waals surface area contributed by atoms with Crippen molar-refractivity contribution in [3.63, 3.8) is 0 Å². The molecule has 0 fully saturated rings. The standard InChI is InChI=1S/C25H34N2O4S/c1-17(2)24(29)27(25(3,4)5)15-23(28)26-13-11-22-18(12-14-32-22)19(26)16-31-21-10-8-7-9-20(21)30-6/h7-10,12,14,17,19H,11,13,15-16H2,1-6H3. The van der Waals surface area contributed by atoms with Gasteiger partial charge in [0.15, 0.2) is 11.5 Å². The number of hydrogen-bond acceptors (Lipinski definition) is 5. The van der Waals surface area contributed by atoms with Crippen LogP contribution in [0.15, 0.2) is 35.7 Å². The van der Waals surface area contributed by atoms with E-state index < -0.39 is 5.54 Å². The molecule has 174 valence electrons. The Balaban J connectivity index is 1.83. The summed E-state index contributed by atoms with van der Waals surface area (Å²) in [6, 6.07) is 9.39. The third kappa shape index (κ3) is 5.26. The molecule has 0 aliphatic carbocycles. The molecule has 1 aromatic carbocycles. The molecule has 2 amide bonds. The van der Waals surface area contributed by atoms with Crippen LogP contribution < -0.4 is 9.47 Å². The lowest BCUT2D eigenvalue weighted by Crippen LogP contribution is -2.54. The van der Waals surface area contributed by atoms with Crippen molar-refractivity contribution in [3.05, 3.63) is 46.2 Å². The summed E-state index contributed by atoms with van der Waals surface area (Å²) in [5.41, 5.74) is 0.686. The van der Waals surface area contributed by atoms with E-state index in [4.69, 9.17) is 9.47 Å². The Kier molecular flexibility index (Phi) is 7.49. The van der Waals surface area contributed by atoms with E-state index >= 15 is 0 Å². The van der Waals surface area contributed by atoms with E-state index in [2.05, 4.69) is 11.4 Å². The monoisotopic (exact) mass is 458 g/mol. The third-order valence-corrected chi connectivity index (χ3v) is 6.74. The van der Waals surface area contributed by atoms with Gasteiger partial charge in [-0.25, -0.2) is 0 Å². The van der Waals surface area contributed by atoms with Gasteiger partial charge in [-0.2, -0.15) is 0 Å². The highest BCUT2D eigenvalue weighted by Crippen LogP contribution is 2.35. The van der Waals surface area contributed by atoms with Gasteiger partial charge in [0.2, 0.25) is 11.8 Å². The van der Waals surface area contributed by atoms with Crippen LogP contribution in [-0.2, 0) is 16.0 Å². The summed E-state index contributed by atoms with van der Waals surface area (Å²) < 4.78 is 11.5. The van der Waals surface area contributed by atoms with E-state index in [1.54, 1.807) is 23.3 Å². The maximum Gasteiger partial charge on any atom is 0.242 e. The summed E-state index contributed by atoms with van der Waals surface area (Å²) in [6.07, 6.45) is 0.817. The molecular weight excluding hydrogens is 424 g/mol. The highest BCUT2D eigenvalue weighted by atomic mass is 32.1. The number of benzene rings is 1. The van der Waals surface area contributed by atoms with Gasteiger partial charge in [-0.1, -0.05) is 26.0 Å². The minimum absolute atomic E-state index is 0.0131. The van der Waals surface area contributed by atoms with Gasteiger partial charge in [0, 0.05) is 22.9 Å². The number of carbonyl (C=O) groups excluding carboxylic acids is 2. The summed E-state index contributed by atoms with van der Waals surface area (Å²) in [6.45, 7) is 10.6. The quantitative estimate of drug-likeness (QED) is 0.611. The highest BCUT2D eigenvalue weighted by Gasteiger charge is 2.36. The van der Waals surface area contributed by atoms with E-state index in [1.807, 2.05) is 63.8 Å². The van der Waals surface area contributed by atoms with Crippen molar-refractivity contribution < 1.29 is 19.1 Å². The van der Waals surface area contributed by atoms with Gasteiger partial charge in [-0.3, -0.25) is 9.59 Å². The van der Waals surface area contributed by atoms with Crippen LogP contribution in [-0.4, -0.2) is 54.0 Å². The van der Waals surface area contributed by atoms with Gasteiger partial charge < -0.3 is 19.3 Å². The molecule has 0 saturated carbocycles. The highest BCUT2D eigenvalue weighted by molar-refractivity contribution is 7.10. The number of thiophene rings is 1. The Labute approximate surface area is 195 Å². The molecule has 1 unspecified atom stereocenters. The van der Waals surface area contributed by atoms with Gasteiger partial charge >= 0.3 is 0 Å². The van der Waals surface area contributed by atoms with Crippen molar-refractivity contribution in [1.29, 1.82) is 0 Å². The molecule has 32 heavy (non-hydrogen) atoms. The van der Waals surface area contributed by atoms with E-state index in [9.17, 15) is 9.59 Å². The van der Waals surface area contributed by atoms with Crippen LogP contribution in [0, 0.1) is 5.92 Å². The predicted molar refractivity (Wildman–Crippen MR) is 127 cm³/mol. The number of ether oxygens (including phenoxy) is 2. The first kappa shape index (κ1) is 24.1. The Morgan fingerprint density at radius 2 is 1.88 bits per heavy atom. The normalized spacial score (nSPS) is 16.0. The van der Waals surface area contributed by atoms with E-state index in [0.717, 1.165) is 12.0 Å². The zero-order valence-corrected chi connectivity index (χ0v) is 20.7. The van der Waals surface area contributed by atoms with Gasteiger partial charge in [0.1, 0.15) is 13.2 Å². The molecule has 0 radical (unpaired) electrons. The van der Waals surface area contributed by atoms with Crippen LogP contribution in [0.1, 0.15) is 51.1 Å². The minimum atomic E-state index is -0.441. The van der Waals surface area contributed by atoms with Gasteiger partial charge in [0.05, 0.1) is 13.2 Å².